The third-order valence-corrected chi connectivity index (χ3v) is 1.94. The number of oxazole rings is 1. The van der Waals surface area contributed by atoms with Gasteiger partial charge in [-0.25, -0.2) is 9.59 Å². The van der Waals surface area contributed by atoms with E-state index in [-0.39, 0.29) is 12.1 Å². The Morgan fingerprint density at radius 2 is 2.12 bits per heavy atom. The summed E-state index contributed by atoms with van der Waals surface area (Å²) in [6, 6.07) is 6.68. The van der Waals surface area contributed by atoms with Crippen LogP contribution >= 0.6 is 0 Å². The van der Waals surface area contributed by atoms with Gasteiger partial charge < -0.3 is 14.6 Å². The van der Waals surface area contributed by atoms with Crippen LogP contribution in [0.5, 0.6) is 0 Å². The Balaban J connectivity index is 0.00000128. The molecule has 16 heavy (non-hydrogen) atoms. The first-order chi connectivity index (χ1) is 7.24. The Morgan fingerprint density at radius 1 is 1.44 bits per heavy atom. The SMILES string of the molecule is CCOC(=O)n1c(=O)oc2ccccc21.O. The molecule has 0 bridgehead atoms. The molecule has 0 atom stereocenters. The van der Waals surface area contributed by atoms with Gasteiger partial charge in [-0.3, -0.25) is 0 Å². The predicted molar refractivity (Wildman–Crippen MR) is 56.5 cm³/mol. The molecule has 1 heterocycles. The van der Waals surface area contributed by atoms with E-state index < -0.39 is 11.8 Å². The third-order valence-electron chi connectivity index (χ3n) is 1.94. The molecule has 0 unspecified atom stereocenters. The van der Waals surface area contributed by atoms with Crippen LogP contribution in [0.3, 0.4) is 0 Å². The largest absolute Gasteiger partial charge is 0.449 e. The van der Waals surface area contributed by atoms with E-state index >= 15 is 0 Å². The fraction of sp³-hybridized carbons (Fsp3) is 0.200. The highest BCUT2D eigenvalue weighted by molar-refractivity contribution is 5.84. The molecule has 6 heteroatoms. The second-order valence-electron chi connectivity index (χ2n) is 2.87. The van der Waals surface area contributed by atoms with Gasteiger partial charge >= 0.3 is 11.8 Å². The van der Waals surface area contributed by atoms with Crippen LogP contribution in [0.4, 0.5) is 4.79 Å². The molecule has 0 radical (unpaired) electrons. The van der Waals surface area contributed by atoms with E-state index in [1.165, 1.54) is 0 Å². The van der Waals surface area contributed by atoms with Gasteiger partial charge in [-0.05, 0) is 19.1 Å². The molecule has 2 N–H and O–H groups in total. The van der Waals surface area contributed by atoms with Crippen molar-refractivity contribution in [1.82, 2.24) is 4.57 Å². The average Bonchev–Trinajstić information content (AvgIpc) is 2.54. The maximum atomic E-state index is 11.4. The normalized spacial score (nSPS) is 9.81. The minimum Gasteiger partial charge on any atom is -0.449 e. The second-order valence-corrected chi connectivity index (χ2v) is 2.87. The molecule has 0 saturated carbocycles. The summed E-state index contributed by atoms with van der Waals surface area (Å²) in [7, 11) is 0. The van der Waals surface area contributed by atoms with Crippen LogP contribution < -0.4 is 5.76 Å². The van der Waals surface area contributed by atoms with Gasteiger partial charge in [0.1, 0.15) is 5.52 Å². The molecular weight excluding hydrogens is 214 g/mol. The summed E-state index contributed by atoms with van der Waals surface area (Å²) in [6.45, 7) is 1.88. The minimum atomic E-state index is -0.727. The van der Waals surface area contributed by atoms with Crippen molar-refractivity contribution in [3.8, 4) is 0 Å². The summed E-state index contributed by atoms with van der Waals surface area (Å²) in [4.78, 5) is 22.8. The van der Waals surface area contributed by atoms with E-state index in [0.717, 1.165) is 4.57 Å². The zero-order chi connectivity index (χ0) is 10.8. The number of ether oxygens (including phenoxy) is 1. The fourth-order valence-corrected chi connectivity index (χ4v) is 1.33. The number of hydrogen-bond donors (Lipinski definition) is 0. The summed E-state index contributed by atoms with van der Waals surface area (Å²) in [5.74, 6) is -0.727. The molecule has 0 amide bonds. The van der Waals surface area contributed by atoms with Gasteiger partial charge in [-0.2, -0.15) is 4.57 Å². The number of aromatic nitrogens is 1. The topological polar surface area (TPSA) is 92.9 Å². The number of para-hydroxylation sites is 2. The number of nitrogens with zero attached hydrogens (tertiary/aromatic N) is 1. The molecule has 1 aromatic carbocycles. The Labute approximate surface area is 90.3 Å². The molecule has 0 fully saturated rings. The van der Waals surface area contributed by atoms with Gasteiger partial charge in [-0.15, -0.1) is 0 Å². The number of fused-ring (bicyclic) bond motifs is 1. The van der Waals surface area contributed by atoms with Crippen molar-refractivity contribution >= 4 is 17.2 Å². The first-order valence-corrected chi connectivity index (χ1v) is 4.51. The number of hydrogen-bond acceptors (Lipinski definition) is 4. The molecule has 0 saturated heterocycles. The van der Waals surface area contributed by atoms with Gasteiger partial charge in [0.05, 0.1) is 6.61 Å². The minimum absolute atomic E-state index is 0. The van der Waals surface area contributed by atoms with Gasteiger partial charge in [0.15, 0.2) is 5.58 Å². The van der Waals surface area contributed by atoms with Crippen LogP contribution in [0.15, 0.2) is 33.5 Å². The lowest BCUT2D eigenvalue weighted by atomic mass is 10.3. The van der Waals surface area contributed by atoms with Crippen LogP contribution in [0.2, 0.25) is 0 Å². The van der Waals surface area contributed by atoms with Crippen LogP contribution in [0.1, 0.15) is 6.92 Å². The van der Waals surface area contributed by atoms with E-state index in [1.54, 1.807) is 31.2 Å². The molecule has 6 nitrogen and oxygen atoms in total. The number of rotatable bonds is 1. The van der Waals surface area contributed by atoms with Crippen molar-refractivity contribution < 1.29 is 19.4 Å². The second kappa shape index (κ2) is 4.63. The zero-order valence-electron chi connectivity index (χ0n) is 8.60. The summed E-state index contributed by atoms with van der Waals surface area (Å²) < 4.78 is 10.5. The first kappa shape index (κ1) is 12.0. The van der Waals surface area contributed by atoms with Crippen LogP contribution in [-0.2, 0) is 4.74 Å². The lowest BCUT2D eigenvalue weighted by Gasteiger charge is -1.99. The number of carbonyl (C=O) groups is 1. The van der Waals surface area contributed by atoms with Crippen molar-refractivity contribution in [3.63, 3.8) is 0 Å². The molecule has 0 aliphatic heterocycles. The van der Waals surface area contributed by atoms with Gasteiger partial charge in [0, 0.05) is 0 Å². The Bertz CT molecular complexity index is 554. The van der Waals surface area contributed by atoms with E-state index in [0.29, 0.717) is 11.1 Å². The van der Waals surface area contributed by atoms with Crippen LogP contribution in [0.25, 0.3) is 11.1 Å². The van der Waals surface area contributed by atoms with Crippen molar-refractivity contribution in [3.05, 3.63) is 34.8 Å². The summed E-state index contributed by atoms with van der Waals surface area (Å²) in [6.07, 6.45) is -0.715. The first-order valence-electron chi connectivity index (χ1n) is 4.51. The molecule has 1 aromatic heterocycles. The third kappa shape index (κ3) is 1.82. The smallest absolute Gasteiger partial charge is 0.429 e. The van der Waals surface area contributed by atoms with E-state index in [1.807, 2.05) is 0 Å². The summed E-state index contributed by atoms with van der Waals surface area (Å²) >= 11 is 0. The Morgan fingerprint density at radius 3 is 2.81 bits per heavy atom. The van der Waals surface area contributed by atoms with Crippen molar-refractivity contribution in [2.75, 3.05) is 6.61 Å². The quantitative estimate of drug-likeness (QED) is 0.716. The standard InChI is InChI=1S/C10H9NO4.H2O/c1-2-14-9(12)11-7-5-3-4-6-8(7)15-10(11)13;/h3-6H,2H2,1H3;1H2. The van der Waals surface area contributed by atoms with Crippen molar-refractivity contribution in [2.45, 2.75) is 6.92 Å². The van der Waals surface area contributed by atoms with Gasteiger partial charge in [0.25, 0.3) is 0 Å². The van der Waals surface area contributed by atoms with Crippen LogP contribution in [0, 0.1) is 0 Å². The molecule has 2 rings (SSSR count). The van der Waals surface area contributed by atoms with E-state index in [2.05, 4.69) is 0 Å². The lowest BCUT2D eigenvalue weighted by molar-refractivity contribution is 0.153. The Hall–Kier alpha value is -2.08. The Kier molecular flexibility index (Phi) is 3.47. The average molecular weight is 225 g/mol. The van der Waals surface area contributed by atoms with E-state index in [9.17, 15) is 9.59 Å². The molecular formula is C10H11NO5. The highest BCUT2D eigenvalue weighted by Gasteiger charge is 2.15. The predicted octanol–water partition coefficient (Wildman–Crippen LogP) is 0.774. The lowest BCUT2D eigenvalue weighted by Crippen LogP contribution is -2.23. The molecule has 0 aliphatic carbocycles. The van der Waals surface area contributed by atoms with Crippen molar-refractivity contribution in [2.24, 2.45) is 0 Å². The molecule has 86 valence electrons. The van der Waals surface area contributed by atoms with Crippen LogP contribution in [-0.4, -0.2) is 22.7 Å². The maximum absolute atomic E-state index is 11.4. The van der Waals surface area contributed by atoms with Gasteiger partial charge in [-0.1, -0.05) is 12.1 Å². The summed E-state index contributed by atoms with van der Waals surface area (Å²) in [5, 5.41) is 0. The zero-order valence-corrected chi connectivity index (χ0v) is 8.60. The number of carbonyl (C=O) groups excluding carboxylic acids is 1. The summed E-state index contributed by atoms with van der Waals surface area (Å²) in [5.41, 5.74) is 0.788. The molecule has 0 aliphatic rings. The highest BCUT2D eigenvalue weighted by atomic mass is 16.6. The fourth-order valence-electron chi connectivity index (χ4n) is 1.33. The van der Waals surface area contributed by atoms with Crippen molar-refractivity contribution in [1.29, 1.82) is 0 Å². The molecule has 2 aromatic rings. The molecule has 0 spiro atoms. The highest BCUT2D eigenvalue weighted by Crippen LogP contribution is 2.11. The van der Waals surface area contributed by atoms with Gasteiger partial charge in [0.2, 0.25) is 0 Å². The van der Waals surface area contributed by atoms with E-state index in [4.69, 9.17) is 9.15 Å². The monoisotopic (exact) mass is 225 g/mol. The maximum Gasteiger partial charge on any atom is 0.429 e. The number of benzene rings is 1.